The molecule has 3 aromatic rings. The number of carbonyl (C=O) groups is 2. The molecule has 3 N–H and O–H groups in total. The lowest BCUT2D eigenvalue weighted by Gasteiger charge is -2.11. The van der Waals surface area contributed by atoms with Crippen molar-refractivity contribution >= 4 is 23.4 Å². The second-order valence-corrected chi connectivity index (χ2v) is 6.69. The Morgan fingerprint density at radius 1 is 1.00 bits per heavy atom. The van der Waals surface area contributed by atoms with Crippen LogP contribution < -0.4 is 11.1 Å². The van der Waals surface area contributed by atoms with Crippen molar-refractivity contribution in [2.24, 2.45) is 5.73 Å². The zero-order valence-corrected chi connectivity index (χ0v) is 15.6. The summed E-state index contributed by atoms with van der Waals surface area (Å²) in [4.78, 5) is 24.1. The molecule has 5 heteroatoms. The van der Waals surface area contributed by atoms with Gasteiger partial charge in [0, 0.05) is 22.7 Å². The minimum Gasteiger partial charge on any atom is -0.366 e. The van der Waals surface area contributed by atoms with Crippen molar-refractivity contribution in [1.82, 2.24) is 5.32 Å². The molecule has 0 spiro atoms. The molecule has 0 aliphatic heterocycles. The van der Waals surface area contributed by atoms with Gasteiger partial charge in [-0.3, -0.25) is 9.59 Å². The summed E-state index contributed by atoms with van der Waals surface area (Å²) in [6, 6.07) is 19.9. The van der Waals surface area contributed by atoms with Gasteiger partial charge in [-0.15, -0.1) is 0 Å². The van der Waals surface area contributed by atoms with Crippen molar-refractivity contribution < 1.29 is 9.59 Å². The van der Waals surface area contributed by atoms with Crippen LogP contribution in [0.4, 0.5) is 0 Å². The average molecular weight is 379 g/mol. The number of hydrogen-bond donors (Lipinski definition) is 2. The molecule has 0 aliphatic carbocycles. The molecule has 136 valence electrons. The van der Waals surface area contributed by atoms with E-state index in [-0.39, 0.29) is 5.91 Å². The first-order valence-electron chi connectivity index (χ1n) is 8.48. The minimum atomic E-state index is -0.475. The number of primary amides is 1. The number of nitrogens with one attached hydrogen (secondary N) is 1. The fourth-order valence-electron chi connectivity index (χ4n) is 2.98. The number of rotatable bonds is 5. The fraction of sp³-hybridized carbons (Fsp3) is 0.0909. The first kappa shape index (κ1) is 18.7. The second kappa shape index (κ2) is 8.06. The summed E-state index contributed by atoms with van der Waals surface area (Å²) in [5.41, 5.74) is 10.0. The molecule has 27 heavy (non-hydrogen) atoms. The SMILES string of the molecule is Cc1cccc(C(N)=O)c1-c1ccc(C(=O)NCc2cccc(Cl)c2)cc1. The van der Waals surface area contributed by atoms with Crippen molar-refractivity contribution in [1.29, 1.82) is 0 Å². The van der Waals surface area contributed by atoms with Crippen molar-refractivity contribution in [2.45, 2.75) is 13.5 Å². The number of benzene rings is 3. The summed E-state index contributed by atoms with van der Waals surface area (Å²) < 4.78 is 0. The monoisotopic (exact) mass is 378 g/mol. The van der Waals surface area contributed by atoms with Gasteiger partial charge in [0.2, 0.25) is 5.91 Å². The van der Waals surface area contributed by atoms with Crippen LogP contribution in [0.5, 0.6) is 0 Å². The van der Waals surface area contributed by atoms with Crippen LogP contribution in [-0.2, 0) is 6.54 Å². The van der Waals surface area contributed by atoms with E-state index < -0.39 is 5.91 Å². The van der Waals surface area contributed by atoms with E-state index in [1.54, 1.807) is 30.3 Å². The molecule has 0 heterocycles. The van der Waals surface area contributed by atoms with Gasteiger partial charge in [0.15, 0.2) is 0 Å². The number of halogens is 1. The Labute approximate surface area is 163 Å². The van der Waals surface area contributed by atoms with E-state index in [9.17, 15) is 9.59 Å². The lowest BCUT2D eigenvalue weighted by atomic mass is 9.94. The van der Waals surface area contributed by atoms with Crippen LogP contribution in [0.2, 0.25) is 5.02 Å². The van der Waals surface area contributed by atoms with Crippen molar-refractivity contribution in [3.63, 3.8) is 0 Å². The van der Waals surface area contributed by atoms with E-state index in [2.05, 4.69) is 5.32 Å². The van der Waals surface area contributed by atoms with Gasteiger partial charge >= 0.3 is 0 Å². The Morgan fingerprint density at radius 2 is 1.70 bits per heavy atom. The fourth-order valence-corrected chi connectivity index (χ4v) is 3.19. The molecule has 0 radical (unpaired) electrons. The number of amides is 2. The maximum atomic E-state index is 12.4. The average Bonchev–Trinajstić information content (AvgIpc) is 2.66. The molecular weight excluding hydrogens is 360 g/mol. The highest BCUT2D eigenvalue weighted by Crippen LogP contribution is 2.27. The van der Waals surface area contributed by atoms with Crippen LogP contribution in [0, 0.1) is 6.92 Å². The summed E-state index contributed by atoms with van der Waals surface area (Å²) in [6.07, 6.45) is 0. The minimum absolute atomic E-state index is 0.179. The third-order valence-corrected chi connectivity index (χ3v) is 4.55. The Morgan fingerprint density at radius 3 is 2.37 bits per heavy atom. The number of aryl methyl sites for hydroxylation is 1. The molecule has 0 saturated carbocycles. The van der Waals surface area contributed by atoms with E-state index in [1.165, 1.54) is 0 Å². The Hall–Kier alpha value is -3.11. The number of carbonyl (C=O) groups excluding carboxylic acids is 2. The normalized spacial score (nSPS) is 10.4. The first-order valence-corrected chi connectivity index (χ1v) is 8.86. The molecule has 0 aromatic heterocycles. The number of nitrogens with two attached hydrogens (primary N) is 1. The largest absolute Gasteiger partial charge is 0.366 e. The van der Waals surface area contributed by atoms with Crippen LogP contribution in [0.3, 0.4) is 0 Å². The van der Waals surface area contributed by atoms with Gasteiger partial charge in [0.1, 0.15) is 0 Å². The van der Waals surface area contributed by atoms with Gasteiger partial charge in [-0.2, -0.15) is 0 Å². The van der Waals surface area contributed by atoms with Gasteiger partial charge in [0.25, 0.3) is 5.91 Å². The summed E-state index contributed by atoms with van der Waals surface area (Å²) in [5, 5.41) is 3.50. The summed E-state index contributed by atoms with van der Waals surface area (Å²) in [7, 11) is 0. The maximum absolute atomic E-state index is 12.4. The van der Waals surface area contributed by atoms with Gasteiger partial charge in [-0.1, -0.05) is 48.0 Å². The quantitative estimate of drug-likeness (QED) is 0.693. The highest BCUT2D eigenvalue weighted by Gasteiger charge is 2.13. The molecule has 2 amide bonds. The molecule has 0 bridgehead atoms. The van der Waals surface area contributed by atoms with Gasteiger partial charge in [-0.05, 0) is 59.5 Å². The van der Waals surface area contributed by atoms with Gasteiger partial charge < -0.3 is 11.1 Å². The summed E-state index contributed by atoms with van der Waals surface area (Å²) in [6.45, 7) is 2.32. The topological polar surface area (TPSA) is 72.2 Å². The smallest absolute Gasteiger partial charge is 0.251 e. The third-order valence-electron chi connectivity index (χ3n) is 4.32. The first-order chi connectivity index (χ1) is 13.0. The number of hydrogen-bond acceptors (Lipinski definition) is 2. The van der Waals surface area contributed by atoms with E-state index in [0.29, 0.717) is 22.7 Å². The molecule has 3 aromatic carbocycles. The summed E-state index contributed by atoms with van der Waals surface area (Å²) in [5.74, 6) is -0.654. The maximum Gasteiger partial charge on any atom is 0.251 e. The van der Waals surface area contributed by atoms with Gasteiger partial charge in [0.05, 0.1) is 0 Å². The molecule has 0 atom stereocenters. The van der Waals surface area contributed by atoms with Crippen LogP contribution in [0.25, 0.3) is 11.1 Å². The molecule has 4 nitrogen and oxygen atoms in total. The predicted molar refractivity (Wildman–Crippen MR) is 108 cm³/mol. The molecule has 0 saturated heterocycles. The lowest BCUT2D eigenvalue weighted by molar-refractivity contribution is 0.0949. The Balaban J connectivity index is 1.78. The lowest BCUT2D eigenvalue weighted by Crippen LogP contribution is -2.22. The van der Waals surface area contributed by atoms with Crippen LogP contribution in [-0.4, -0.2) is 11.8 Å². The molecular formula is C22H19ClN2O2. The Kier molecular flexibility index (Phi) is 5.57. The third kappa shape index (κ3) is 4.36. The standard InChI is InChI=1S/C22H19ClN2O2/c1-14-4-2-7-19(21(24)26)20(14)16-8-10-17(11-9-16)22(27)25-13-15-5-3-6-18(23)12-15/h2-12H,13H2,1H3,(H2,24,26)(H,25,27). The summed E-state index contributed by atoms with van der Waals surface area (Å²) >= 11 is 5.95. The zero-order chi connectivity index (χ0) is 19.4. The van der Waals surface area contributed by atoms with Crippen molar-refractivity contribution in [3.05, 3.63) is 94.0 Å². The zero-order valence-electron chi connectivity index (χ0n) is 14.8. The van der Waals surface area contributed by atoms with Crippen LogP contribution in [0.15, 0.2) is 66.7 Å². The van der Waals surface area contributed by atoms with Crippen molar-refractivity contribution in [3.8, 4) is 11.1 Å². The predicted octanol–water partition coefficient (Wildman–Crippen LogP) is 4.34. The van der Waals surface area contributed by atoms with Crippen LogP contribution in [0.1, 0.15) is 31.8 Å². The van der Waals surface area contributed by atoms with Crippen LogP contribution >= 0.6 is 11.6 Å². The van der Waals surface area contributed by atoms with E-state index >= 15 is 0 Å². The van der Waals surface area contributed by atoms with Gasteiger partial charge in [-0.25, -0.2) is 0 Å². The molecule has 0 fully saturated rings. The van der Waals surface area contributed by atoms with E-state index in [4.69, 9.17) is 17.3 Å². The Bertz CT molecular complexity index is 997. The second-order valence-electron chi connectivity index (χ2n) is 6.25. The van der Waals surface area contributed by atoms with Crippen molar-refractivity contribution in [2.75, 3.05) is 0 Å². The molecule has 3 rings (SSSR count). The highest BCUT2D eigenvalue weighted by atomic mass is 35.5. The molecule has 0 aliphatic rings. The van der Waals surface area contributed by atoms with E-state index in [1.807, 2.05) is 43.3 Å². The molecule has 0 unspecified atom stereocenters. The van der Waals surface area contributed by atoms with E-state index in [0.717, 1.165) is 22.3 Å². The highest BCUT2D eigenvalue weighted by molar-refractivity contribution is 6.30.